The minimum Gasteiger partial charge on any atom is -0.337 e. The topological polar surface area (TPSA) is 75.0 Å². The number of carbonyl (C=O) groups excluding carboxylic acids is 1. The highest BCUT2D eigenvalue weighted by molar-refractivity contribution is 5.81. The number of rotatable bonds is 1. The van der Waals surface area contributed by atoms with Crippen molar-refractivity contribution in [3.8, 4) is 0 Å². The zero-order valence-electron chi connectivity index (χ0n) is 8.16. The van der Waals surface area contributed by atoms with Gasteiger partial charge in [0.25, 0.3) is 0 Å². The van der Waals surface area contributed by atoms with Gasteiger partial charge in [-0.2, -0.15) is 5.10 Å². The van der Waals surface area contributed by atoms with Crippen LogP contribution in [0.1, 0.15) is 18.2 Å². The van der Waals surface area contributed by atoms with Gasteiger partial charge in [0.1, 0.15) is 0 Å². The number of nitrogens with two attached hydrogens (primary N) is 1. The number of carbonyl (C=O) groups is 1. The molecule has 0 radical (unpaired) electrons. The number of H-pyrrole nitrogens is 1. The van der Waals surface area contributed by atoms with E-state index in [0.29, 0.717) is 6.54 Å². The number of nitrogens with zero attached hydrogens (tertiary/aromatic N) is 2. The lowest BCUT2D eigenvalue weighted by molar-refractivity contribution is -0.133. The summed E-state index contributed by atoms with van der Waals surface area (Å²) in [7, 11) is 0. The molecule has 1 aromatic rings. The van der Waals surface area contributed by atoms with Crippen molar-refractivity contribution in [3.05, 3.63) is 17.5 Å². The molecule has 0 unspecified atom stereocenters. The van der Waals surface area contributed by atoms with Crippen molar-refractivity contribution in [2.24, 2.45) is 5.73 Å². The first-order chi connectivity index (χ1) is 6.68. The van der Waals surface area contributed by atoms with Crippen LogP contribution in [0.5, 0.6) is 0 Å². The Hall–Kier alpha value is -1.36. The molecule has 1 aliphatic heterocycles. The lowest BCUT2D eigenvalue weighted by Crippen LogP contribution is -2.44. The van der Waals surface area contributed by atoms with Crippen molar-refractivity contribution < 1.29 is 4.79 Å². The molecular weight excluding hydrogens is 180 g/mol. The Bertz CT molecular complexity index is 344. The third-order valence-corrected chi connectivity index (χ3v) is 2.50. The summed E-state index contributed by atoms with van der Waals surface area (Å²) in [6.45, 7) is 3.08. The highest BCUT2D eigenvalue weighted by Crippen LogP contribution is 2.16. The fourth-order valence-electron chi connectivity index (χ4n) is 1.70. The van der Waals surface area contributed by atoms with Crippen LogP contribution in [0.25, 0.3) is 0 Å². The van der Waals surface area contributed by atoms with E-state index in [4.69, 9.17) is 5.73 Å². The Morgan fingerprint density at radius 2 is 2.57 bits per heavy atom. The van der Waals surface area contributed by atoms with Gasteiger partial charge in [0.05, 0.1) is 12.2 Å². The molecule has 0 spiro atoms. The fraction of sp³-hybridized carbons (Fsp3) is 0.556. The van der Waals surface area contributed by atoms with Crippen molar-refractivity contribution in [1.82, 2.24) is 15.1 Å². The molecule has 0 aliphatic carbocycles. The molecular formula is C9H14N4O. The molecule has 2 rings (SSSR count). The predicted molar refractivity (Wildman–Crippen MR) is 51.4 cm³/mol. The largest absolute Gasteiger partial charge is 0.337 e. The van der Waals surface area contributed by atoms with E-state index in [0.717, 1.165) is 24.2 Å². The Morgan fingerprint density at radius 1 is 1.79 bits per heavy atom. The van der Waals surface area contributed by atoms with Gasteiger partial charge in [-0.3, -0.25) is 9.89 Å². The Labute approximate surface area is 82.3 Å². The molecule has 0 saturated carbocycles. The minimum atomic E-state index is -0.413. The van der Waals surface area contributed by atoms with E-state index in [1.54, 1.807) is 18.0 Å². The van der Waals surface area contributed by atoms with Crippen molar-refractivity contribution >= 4 is 5.91 Å². The molecule has 5 heteroatoms. The van der Waals surface area contributed by atoms with E-state index < -0.39 is 6.04 Å². The van der Waals surface area contributed by atoms with E-state index in [1.807, 2.05) is 0 Å². The molecule has 0 fully saturated rings. The maximum Gasteiger partial charge on any atom is 0.239 e. The monoisotopic (exact) mass is 194 g/mol. The zero-order valence-corrected chi connectivity index (χ0v) is 8.16. The van der Waals surface area contributed by atoms with E-state index in [9.17, 15) is 4.79 Å². The summed E-state index contributed by atoms with van der Waals surface area (Å²) in [4.78, 5) is 13.4. The Balaban J connectivity index is 2.11. The number of hydrogen-bond acceptors (Lipinski definition) is 3. The maximum absolute atomic E-state index is 11.6. The number of nitrogens with one attached hydrogen (secondary N) is 1. The minimum absolute atomic E-state index is 0.0110. The van der Waals surface area contributed by atoms with Gasteiger partial charge in [-0.1, -0.05) is 0 Å². The first-order valence-corrected chi connectivity index (χ1v) is 4.74. The second kappa shape index (κ2) is 3.42. The summed E-state index contributed by atoms with van der Waals surface area (Å²) >= 11 is 0. The highest BCUT2D eigenvalue weighted by Gasteiger charge is 2.23. The van der Waals surface area contributed by atoms with Gasteiger partial charge in [-0.15, -0.1) is 0 Å². The average Bonchev–Trinajstić information content (AvgIpc) is 2.62. The van der Waals surface area contributed by atoms with Crippen LogP contribution in [0, 0.1) is 0 Å². The molecule has 14 heavy (non-hydrogen) atoms. The van der Waals surface area contributed by atoms with Gasteiger partial charge >= 0.3 is 0 Å². The first-order valence-electron chi connectivity index (χ1n) is 4.74. The van der Waals surface area contributed by atoms with Crippen LogP contribution in [0.3, 0.4) is 0 Å². The summed E-state index contributed by atoms with van der Waals surface area (Å²) in [5.74, 6) is 0.0110. The lowest BCUT2D eigenvalue weighted by atomic mass is 10.1. The normalized spacial score (nSPS) is 17.7. The third-order valence-electron chi connectivity index (χ3n) is 2.50. The van der Waals surface area contributed by atoms with Crippen molar-refractivity contribution in [1.29, 1.82) is 0 Å². The maximum atomic E-state index is 11.6. The quantitative estimate of drug-likeness (QED) is 0.641. The zero-order chi connectivity index (χ0) is 10.1. The number of aromatic amines is 1. The number of hydrogen-bond donors (Lipinski definition) is 2. The second-order valence-electron chi connectivity index (χ2n) is 3.67. The molecule has 1 amide bonds. The molecule has 76 valence electrons. The number of fused-ring (bicyclic) bond motifs is 1. The van der Waals surface area contributed by atoms with Gasteiger partial charge in [0.15, 0.2) is 0 Å². The first kappa shape index (κ1) is 9.21. The molecule has 0 bridgehead atoms. The fourth-order valence-corrected chi connectivity index (χ4v) is 1.70. The molecule has 1 aromatic heterocycles. The summed E-state index contributed by atoms with van der Waals surface area (Å²) in [6, 6.07) is -0.413. The summed E-state index contributed by atoms with van der Waals surface area (Å²) in [5.41, 5.74) is 7.79. The Morgan fingerprint density at radius 3 is 3.29 bits per heavy atom. The van der Waals surface area contributed by atoms with Gasteiger partial charge in [-0.05, 0) is 6.92 Å². The van der Waals surface area contributed by atoms with Crippen LogP contribution < -0.4 is 5.73 Å². The number of aromatic nitrogens is 2. The number of amides is 1. The predicted octanol–water partition coefficient (Wildman–Crippen LogP) is -0.358. The van der Waals surface area contributed by atoms with Gasteiger partial charge < -0.3 is 10.6 Å². The smallest absolute Gasteiger partial charge is 0.239 e. The Kier molecular flexibility index (Phi) is 2.25. The average molecular weight is 194 g/mol. The molecule has 3 N–H and O–H groups in total. The lowest BCUT2D eigenvalue weighted by Gasteiger charge is -2.27. The van der Waals surface area contributed by atoms with E-state index >= 15 is 0 Å². The van der Waals surface area contributed by atoms with Crippen LogP contribution in [-0.4, -0.2) is 33.6 Å². The van der Waals surface area contributed by atoms with Gasteiger partial charge in [0.2, 0.25) is 5.91 Å². The molecule has 0 saturated heterocycles. The van der Waals surface area contributed by atoms with E-state index in [-0.39, 0.29) is 5.91 Å². The SMILES string of the molecule is C[C@H](N)C(=O)N1CCc2[nH]ncc2C1. The summed E-state index contributed by atoms with van der Waals surface area (Å²) in [5, 5.41) is 6.88. The van der Waals surface area contributed by atoms with Crippen LogP contribution in [0.4, 0.5) is 0 Å². The van der Waals surface area contributed by atoms with Crippen LogP contribution in [-0.2, 0) is 17.8 Å². The molecule has 1 atom stereocenters. The van der Waals surface area contributed by atoms with Crippen molar-refractivity contribution in [2.45, 2.75) is 25.9 Å². The third kappa shape index (κ3) is 1.50. The van der Waals surface area contributed by atoms with Crippen LogP contribution in [0.2, 0.25) is 0 Å². The molecule has 2 heterocycles. The standard InChI is InChI=1S/C9H14N4O/c1-6(10)9(14)13-3-2-8-7(5-13)4-11-12-8/h4,6H,2-3,5,10H2,1H3,(H,11,12)/t6-/m0/s1. The van der Waals surface area contributed by atoms with Crippen molar-refractivity contribution in [2.75, 3.05) is 6.54 Å². The van der Waals surface area contributed by atoms with Gasteiger partial charge in [0, 0.05) is 30.8 Å². The van der Waals surface area contributed by atoms with Crippen molar-refractivity contribution in [3.63, 3.8) is 0 Å². The molecule has 1 aliphatic rings. The van der Waals surface area contributed by atoms with Crippen LogP contribution >= 0.6 is 0 Å². The van der Waals surface area contributed by atoms with Gasteiger partial charge in [-0.25, -0.2) is 0 Å². The van der Waals surface area contributed by atoms with E-state index in [1.165, 1.54) is 0 Å². The summed E-state index contributed by atoms with van der Waals surface area (Å²) in [6.07, 6.45) is 2.61. The second-order valence-corrected chi connectivity index (χ2v) is 3.67. The van der Waals surface area contributed by atoms with Crippen LogP contribution in [0.15, 0.2) is 6.20 Å². The molecule has 5 nitrogen and oxygen atoms in total. The van der Waals surface area contributed by atoms with E-state index in [2.05, 4.69) is 10.2 Å². The highest BCUT2D eigenvalue weighted by atomic mass is 16.2. The molecule has 0 aromatic carbocycles. The summed E-state index contributed by atoms with van der Waals surface area (Å²) < 4.78 is 0.